The minimum atomic E-state index is -0.119. The number of amides is 1. The average Bonchev–Trinajstić information content (AvgIpc) is 3.14. The van der Waals surface area contributed by atoms with Crippen LogP contribution in [0.1, 0.15) is 4.88 Å². The van der Waals surface area contributed by atoms with Gasteiger partial charge in [0.1, 0.15) is 4.32 Å². The Balaban J connectivity index is 1.68. The summed E-state index contributed by atoms with van der Waals surface area (Å²) >= 11 is 7.92. The Morgan fingerprint density at radius 3 is 2.91 bits per heavy atom. The fourth-order valence-electron chi connectivity index (χ4n) is 2.39. The van der Waals surface area contributed by atoms with Crippen LogP contribution in [0.3, 0.4) is 0 Å². The molecule has 1 fully saturated rings. The zero-order chi connectivity index (χ0) is 15.8. The predicted octanol–water partition coefficient (Wildman–Crippen LogP) is 4.45. The van der Waals surface area contributed by atoms with Gasteiger partial charge < -0.3 is 5.32 Å². The molecular weight excluding hydrogens is 344 g/mol. The molecule has 1 N–H and O–H groups in total. The zero-order valence-electron chi connectivity index (χ0n) is 11.8. The van der Waals surface area contributed by atoms with E-state index in [1.807, 2.05) is 18.2 Å². The van der Waals surface area contributed by atoms with Gasteiger partial charge in [0.25, 0.3) is 5.91 Å². The maximum atomic E-state index is 11.7. The average molecular weight is 354 g/mol. The Morgan fingerprint density at radius 1 is 1.17 bits per heavy atom. The second kappa shape index (κ2) is 5.88. The number of rotatable bonds is 2. The third kappa shape index (κ3) is 2.93. The number of fused-ring (bicyclic) bond motifs is 1. The minimum absolute atomic E-state index is 0.119. The molecule has 6 heteroatoms. The van der Waals surface area contributed by atoms with Crippen molar-refractivity contribution in [2.24, 2.45) is 0 Å². The van der Waals surface area contributed by atoms with Crippen LogP contribution in [0.15, 0.2) is 52.9 Å². The van der Waals surface area contributed by atoms with Crippen molar-refractivity contribution >= 4 is 62.5 Å². The number of aromatic nitrogens is 1. The number of nitrogens with one attached hydrogen (secondary N) is 1. The molecule has 1 aliphatic heterocycles. The number of hydrogen-bond donors (Lipinski definition) is 1. The summed E-state index contributed by atoms with van der Waals surface area (Å²) < 4.78 is 0.514. The van der Waals surface area contributed by atoms with E-state index < -0.39 is 0 Å². The maximum absolute atomic E-state index is 11.7. The van der Waals surface area contributed by atoms with E-state index in [9.17, 15) is 4.79 Å². The van der Waals surface area contributed by atoms with Crippen molar-refractivity contribution in [3.63, 3.8) is 0 Å². The van der Waals surface area contributed by atoms with E-state index in [0.29, 0.717) is 9.23 Å². The van der Waals surface area contributed by atoms with Gasteiger partial charge in [-0.3, -0.25) is 9.78 Å². The zero-order valence-corrected chi connectivity index (χ0v) is 14.2. The fourth-order valence-corrected chi connectivity index (χ4v) is 4.34. The van der Waals surface area contributed by atoms with E-state index >= 15 is 0 Å². The number of thiocarbonyl (C=S) groups is 1. The van der Waals surface area contributed by atoms with Crippen LogP contribution >= 0.6 is 35.3 Å². The van der Waals surface area contributed by atoms with Gasteiger partial charge in [0.05, 0.1) is 10.4 Å². The number of hydrogen-bond acceptors (Lipinski definition) is 5. The predicted molar refractivity (Wildman–Crippen MR) is 101 cm³/mol. The lowest BCUT2D eigenvalue weighted by Crippen LogP contribution is -2.17. The van der Waals surface area contributed by atoms with Crippen molar-refractivity contribution in [2.75, 3.05) is 0 Å². The molecule has 0 saturated carbocycles. The number of pyridine rings is 1. The SMILES string of the molecule is O=C1NC(=S)SC1=Cc1cc(-c2ccc3ncccc3c2)cs1. The summed E-state index contributed by atoms with van der Waals surface area (Å²) in [4.78, 5) is 17.7. The molecule has 1 amide bonds. The fraction of sp³-hybridized carbons (Fsp3) is 0. The molecule has 0 aliphatic carbocycles. The van der Waals surface area contributed by atoms with Crippen LogP contribution < -0.4 is 5.32 Å². The molecule has 3 heterocycles. The van der Waals surface area contributed by atoms with Crippen molar-refractivity contribution in [3.05, 3.63) is 57.8 Å². The van der Waals surface area contributed by atoms with Crippen molar-refractivity contribution in [2.45, 2.75) is 0 Å². The number of thioether (sulfide) groups is 1. The largest absolute Gasteiger partial charge is 0.307 e. The van der Waals surface area contributed by atoms with Crippen LogP contribution in [-0.2, 0) is 4.79 Å². The van der Waals surface area contributed by atoms with Crippen molar-refractivity contribution in [1.29, 1.82) is 0 Å². The van der Waals surface area contributed by atoms with Crippen LogP contribution in [0.2, 0.25) is 0 Å². The Hall–Kier alpha value is -2.02. The Bertz CT molecular complexity index is 975. The summed E-state index contributed by atoms with van der Waals surface area (Å²) in [5.41, 5.74) is 3.27. The van der Waals surface area contributed by atoms with Gasteiger partial charge in [0.15, 0.2) is 0 Å². The van der Waals surface area contributed by atoms with Gasteiger partial charge in [-0.2, -0.15) is 0 Å². The third-order valence-corrected chi connectivity index (χ3v) is 5.51. The first kappa shape index (κ1) is 14.6. The molecular formula is C17H10N2OS3. The lowest BCUT2D eigenvalue weighted by molar-refractivity contribution is -0.115. The Labute approximate surface area is 146 Å². The second-order valence-electron chi connectivity index (χ2n) is 5.00. The molecule has 3 nitrogen and oxygen atoms in total. The molecule has 0 spiro atoms. The molecule has 112 valence electrons. The van der Waals surface area contributed by atoms with E-state index in [1.165, 1.54) is 11.8 Å². The Morgan fingerprint density at radius 2 is 2.09 bits per heavy atom. The summed E-state index contributed by atoms with van der Waals surface area (Å²) in [6.07, 6.45) is 3.68. The van der Waals surface area contributed by atoms with Gasteiger partial charge in [-0.15, -0.1) is 11.3 Å². The van der Waals surface area contributed by atoms with Gasteiger partial charge in [-0.25, -0.2) is 0 Å². The molecule has 1 aliphatic rings. The molecule has 0 radical (unpaired) electrons. The molecule has 23 heavy (non-hydrogen) atoms. The van der Waals surface area contributed by atoms with Gasteiger partial charge >= 0.3 is 0 Å². The first-order valence-electron chi connectivity index (χ1n) is 6.87. The number of carbonyl (C=O) groups is 1. The quantitative estimate of drug-likeness (QED) is 0.545. The summed E-state index contributed by atoms with van der Waals surface area (Å²) in [5, 5.41) is 5.85. The molecule has 1 saturated heterocycles. The van der Waals surface area contributed by atoms with E-state index in [1.54, 1.807) is 17.5 Å². The van der Waals surface area contributed by atoms with Gasteiger partial charge in [-0.05, 0) is 46.8 Å². The lowest BCUT2D eigenvalue weighted by Gasteiger charge is -2.00. The summed E-state index contributed by atoms with van der Waals surface area (Å²) in [7, 11) is 0. The molecule has 0 bridgehead atoms. The highest BCUT2D eigenvalue weighted by Crippen LogP contribution is 2.32. The summed E-state index contributed by atoms with van der Waals surface area (Å²) in [6.45, 7) is 0. The second-order valence-corrected chi connectivity index (χ2v) is 7.66. The van der Waals surface area contributed by atoms with E-state index in [2.05, 4.69) is 39.9 Å². The first-order chi connectivity index (χ1) is 11.2. The number of nitrogens with zero attached hydrogens (tertiary/aromatic N) is 1. The summed E-state index contributed by atoms with van der Waals surface area (Å²) in [6, 6.07) is 12.3. The normalized spacial score (nSPS) is 16.3. The third-order valence-electron chi connectivity index (χ3n) is 3.47. The number of thiophene rings is 1. The van der Waals surface area contributed by atoms with Gasteiger partial charge in [-0.1, -0.05) is 36.1 Å². The standard InChI is InChI=1S/C17H10N2OS3/c20-16-15(23-17(21)19-16)8-13-7-12(9-22-13)10-3-4-14-11(6-10)2-1-5-18-14/h1-9H,(H,19,20,21). The van der Waals surface area contributed by atoms with Crippen LogP contribution in [0, 0.1) is 0 Å². The van der Waals surface area contributed by atoms with Crippen LogP contribution in [0.25, 0.3) is 28.1 Å². The van der Waals surface area contributed by atoms with Crippen molar-refractivity contribution in [3.8, 4) is 11.1 Å². The topological polar surface area (TPSA) is 42.0 Å². The minimum Gasteiger partial charge on any atom is -0.307 e. The molecule has 4 rings (SSSR count). The highest BCUT2D eigenvalue weighted by Gasteiger charge is 2.22. The van der Waals surface area contributed by atoms with Gasteiger partial charge in [0.2, 0.25) is 0 Å². The first-order valence-corrected chi connectivity index (χ1v) is 8.98. The molecule has 2 aromatic heterocycles. The smallest absolute Gasteiger partial charge is 0.263 e. The maximum Gasteiger partial charge on any atom is 0.263 e. The van der Waals surface area contributed by atoms with E-state index in [4.69, 9.17) is 12.2 Å². The summed E-state index contributed by atoms with van der Waals surface area (Å²) in [5.74, 6) is -0.119. The number of carbonyl (C=O) groups excluding carboxylic acids is 1. The monoisotopic (exact) mass is 354 g/mol. The van der Waals surface area contributed by atoms with E-state index in [0.717, 1.165) is 26.9 Å². The molecule has 3 aromatic rings. The van der Waals surface area contributed by atoms with E-state index in [-0.39, 0.29) is 5.91 Å². The van der Waals surface area contributed by atoms with Crippen LogP contribution in [-0.4, -0.2) is 15.2 Å². The van der Waals surface area contributed by atoms with Crippen LogP contribution in [0.4, 0.5) is 0 Å². The Kier molecular flexibility index (Phi) is 3.72. The molecule has 0 atom stereocenters. The van der Waals surface area contributed by atoms with Gasteiger partial charge in [0, 0.05) is 16.5 Å². The van der Waals surface area contributed by atoms with Crippen molar-refractivity contribution < 1.29 is 4.79 Å². The molecule has 0 unspecified atom stereocenters. The number of benzene rings is 1. The highest BCUT2D eigenvalue weighted by molar-refractivity contribution is 8.26. The highest BCUT2D eigenvalue weighted by atomic mass is 32.2. The van der Waals surface area contributed by atoms with Crippen molar-refractivity contribution in [1.82, 2.24) is 10.3 Å². The van der Waals surface area contributed by atoms with Crippen LogP contribution in [0.5, 0.6) is 0 Å². The lowest BCUT2D eigenvalue weighted by atomic mass is 10.1. The molecule has 1 aromatic carbocycles.